The van der Waals surface area contributed by atoms with Crippen LogP contribution >= 0.6 is 0 Å². The second-order valence-electron chi connectivity index (χ2n) is 5.23. The van der Waals surface area contributed by atoms with Crippen LogP contribution < -0.4 is 5.32 Å². The molecular formula is C16H19N3. The predicted molar refractivity (Wildman–Crippen MR) is 75.8 cm³/mol. The van der Waals surface area contributed by atoms with E-state index in [0.29, 0.717) is 6.04 Å². The first-order chi connectivity index (χ1) is 9.33. The van der Waals surface area contributed by atoms with E-state index >= 15 is 0 Å². The molecule has 2 atom stereocenters. The summed E-state index contributed by atoms with van der Waals surface area (Å²) < 4.78 is 0. The number of aromatic nitrogens is 2. The number of rotatable bonds is 3. The van der Waals surface area contributed by atoms with Gasteiger partial charge >= 0.3 is 0 Å². The Labute approximate surface area is 114 Å². The Morgan fingerprint density at radius 3 is 2.84 bits per heavy atom. The summed E-state index contributed by atoms with van der Waals surface area (Å²) in [7, 11) is 0. The molecule has 0 amide bonds. The number of hydrogen-bond donors (Lipinski definition) is 1. The van der Waals surface area contributed by atoms with Gasteiger partial charge in [0.05, 0.1) is 5.69 Å². The minimum Gasteiger partial charge on any atom is -0.306 e. The zero-order chi connectivity index (χ0) is 13.1. The topological polar surface area (TPSA) is 37.8 Å². The standard InChI is InChI=1S/C16H19N3/c1-12(16-11-17-8-9-18-16)19-15-7-6-13-4-2-3-5-14(13)10-15/h2-5,8-9,11-12,15,19H,6-7,10H2,1H3. The molecule has 1 heterocycles. The van der Waals surface area contributed by atoms with Crippen LogP contribution in [0.2, 0.25) is 0 Å². The van der Waals surface area contributed by atoms with Gasteiger partial charge in [0.25, 0.3) is 0 Å². The first-order valence-electron chi connectivity index (χ1n) is 6.91. The molecule has 1 N–H and O–H groups in total. The normalized spacial score (nSPS) is 19.7. The zero-order valence-corrected chi connectivity index (χ0v) is 11.2. The van der Waals surface area contributed by atoms with Crippen molar-refractivity contribution in [1.29, 1.82) is 0 Å². The SMILES string of the molecule is CC(NC1CCc2ccccc2C1)c1cnccn1. The first-order valence-corrected chi connectivity index (χ1v) is 6.91. The summed E-state index contributed by atoms with van der Waals surface area (Å²) in [6.07, 6.45) is 8.79. The summed E-state index contributed by atoms with van der Waals surface area (Å²) in [6, 6.07) is 9.55. The lowest BCUT2D eigenvalue weighted by atomic mass is 9.88. The molecule has 0 fully saturated rings. The second-order valence-corrected chi connectivity index (χ2v) is 5.23. The second kappa shape index (κ2) is 5.49. The molecule has 0 saturated heterocycles. The summed E-state index contributed by atoms with van der Waals surface area (Å²) in [6.45, 7) is 2.16. The summed E-state index contributed by atoms with van der Waals surface area (Å²) in [5.74, 6) is 0. The maximum Gasteiger partial charge on any atom is 0.0753 e. The summed E-state index contributed by atoms with van der Waals surface area (Å²) in [5, 5.41) is 3.67. The van der Waals surface area contributed by atoms with Crippen LogP contribution in [0.15, 0.2) is 42.9 Å². The van der Waals surface area contributed by atoms with Crippen LogP contribution in [0.5, 0.6) is 0 Å². The molecule has 0 radical (unpaired) electrons. The highest BCUT2D eigenvalue weighted by Gasteiger charge is 2.20. The Balaban J connectivity index is 1.66. The molecule has 3 rings (SSSR count). The summed E-state index contributed by atoms with van der Waals surface area (Å²) in [4.78, 5) is 8.50. The third-order valence-corrected chi connectivity index (χ3v) is 3.86. The quantitative estimate of drug-likeness (QED) is 0.914. The van der Waals surface area contributed by atoms with Crippen molar-refractivity contribution in [3.63, 3.8) is 0 Å². The Kier molecular flexibility index (Phi) is 3.56. The van der Waals surface area contributed by atoms with Crippen LogP contribution in [-0.4, -0.2) is 16.0 Å². The van der Waals surface area contributed by atoms with Gasteiger partial charge < -0.3 is 5.32 Å². The minimum absolute atomic E-state index is 0.254. The Morgan fingerprint density at radius 2 is 2.05 bits per heavy atom. The predicted octanol–water partition coefficient (Wildman–Crippen LogP) is 2.68. The minimum atomic E-state index is 0.254. The molecule has 0 saturated carbocycles. The van der Waals surface area contributed by atoms with Crippen LogP contribution in [0.4, 0.5) is 0 Å². The average molecular weight is 253 g/mol. The lowest BCUT2D eigenvalue weighted by molar-refractivity contribution is 0.408. The molecule has 0 spiro atoms. The smallest absolute Gasteiger partial charge is 0.0753 e. The van der Waals surface area contributed by atoms with Gasteiger partial charge in [0.1, 0.15) is 0 Å². The lowest BCUT2D eigenvalue weighted by Gasteiger charge is -2.28. The molecular weight excluding hydrogens is 234 g/mol. The number of fused-ring (bicyclic) bond motifs is 1. The summed E-state index contributed by atoms with van der Waals surface area (Å²) >= 11 is 0. The molecule has 2 aromatic rings. The van der Waals surface area contributed by atoms with Gasteiger partial charge in [-0.25, -0.2) is 0 Å². The van der Waals surface area contributed by atoms with Gasteiger partial charge in [-0.2, -0.15) is 0 Å². The van der Waals surface area contributed by atoms with Crippen LogP contribution in [0.25, 0.3) is 0 Å². The van der Waals surface area contributed by atoms with Gasteiger partial charge in [-0.3, -0.25) is 9.97 Å². The Bertz CT molecular complexity index is 539. The van der Waals surface area contributed by atoms with Gasteiger partial charge in [-0.1, -0.05) is 24.3 Å². The van der Waals surface area contributed by atoms with Crippen molar-refractivity contribution in [2.24, 2.45) is 0 Å². The Morgan fingerprint density at radius 1 is 1.21 bits per heavy atom. The van der Waals surface area contributed by atoms with Gasteiger partial charge in [-0.05, 0) is 37.3 Å². The zero-order valence-electron chi connectivity index (χ0n) is 11.2. The van der Waals surface area contributed by atoms with Crippen molar-refractivity contribution in [2.75, 3.05) is 0 Å². The number of hydrogen-bond acceptors (Lipinski definition) is 3. The van der Waals surface area contributed by atoms with E-state index in [0.717, 1.165) is 12.1 Å². The van der Waals surface area contributed by atoms with Crippen LogP contribution in [0.3, 0.4) is 0 Å². The average Bonchev–Trinajstić information content (AvgIpc) is 2.48. The maximum absolute atomic E-state index is 4.36. The number of aryl methyl sites for hydroxylation is 1. The van der Waals surface area contributed by atoms with Crippen molar-refractivity contribution >= 4 is 0 Å². The molecule has 0 bridgehead atoms. The van der Waals surface area contributed by atoms with E-state index in [1.54, 1.807) is 12.4 Å². The molecule has 3 heteroatoms. The molecule has 1 aliphatic rings. The monoisotopic (exact) mass is 253 g/mol. The molecule has 19 heavy (non-hydrogen) atoms. The van der Waals surface area contributed by atoms with Gasteiger partial charge in [0.2, 0.25) is 0 Å². The van der Waals surface area contributed by atoms with Gasteiger partial charge in [-0.15, -0.1) is 0 Å². The highest BCUT2D eigenvalue weighted by Crippen LogP contribution is 2.22. The molecule has 2 unspecified atom stereocenters. The van der Waals surface area contributed by atoms with Crippen LogP contribution in [-0.2, 0) is 12.8 Å². The lowest BCUT2D eigenvalue weighted by Crippen LogP contribution is -2.36. The van der Waals surface area contributed by atoms with E-state index in [1.165, 1.54) is 24.0 Å². The van der Waals surface area contributed by atoms with E-state index in [4.69, 9.17) is 0 Å². The largest absolute Gasteiger partial charge is 0.306 e. The van der Waals surface area contributed by atoms with Gasteiger partial charge in [0.15, 0.2) is 0 Å². The van der Waals surface area contributed by atoms with Crippen molar-refractivity contribution in [2.45, 2.75) is 38.3 Å². The van der Waals surface area contributed by atoms with Crippen LogP contribution in [0.1, 0.15) is 36.2 Å². The highest BCUT2D eigenvalue weighted by atomic mass is 15.0. The van der Waals surface area contributed by atoms with E-state index < -0.39 is 0 Å². The van der Waals surface area contributed by atoms with Crippen molar-refractivity contribution in [3.8, 4) is 0 Å². The first kappa shape index (κ1) is 12.3. The highest BCUT2D eigenvalue weighted by molar-refractivity contribution is 5.30. The van der Waals surface area contributed by atoms with Crippen LogP contribution in [0, 0.1) is 0 Å². The fourth-order valence-electron chi connectivity index (χ4n) is 2.81. The van der Waals surface area contributed by atoms with E-state index in [9.17, 15) is 0 Å². The van der Waals surface area contributed by atoms with Crippen molar-refractivity contribution < 1.29 is 0 Å². The molecule has 1 aliphatic carbocycles. The van der Waals surface area contributed by atoms with Crippen molar-refractivity contribution in [3.05, 3.63) is 59.7 Å². The van der Waals surface area contributed by atoms with Crippen molar-refractivity contribution in [1.82, 2.24) is 15.3 Å². The fourth-order valence-corrected chi connectivity index (χ4v) is 2.81. The molecule has 0 aliphatic heterocycles. The number of benzene rings is 1. The Hall–Kier alpha value is -1.74. The number of nitrogens with one attached hydrogen (secondary N) is 1. The fraction of sp³-hybridized carbons (Fsp3) is 0.375. The number of nitrogens with zero attached hydrogens (tertiary/aromatic N) is 2. The molecule has 3 nitrogen and oxygen atoms in total. The summed E-state index contributed by atoms with van der Waals surface area (Å²) in [5.41, 5.74) is 4.01. The molecule has 1 aromatic heterocycles. The third kappa shape index (κ3) is 2.82. The van der Waals surface area contributed by atoms with E-state index in [-0.39, 0.29) is 6.04 Å². The van der Waals surface area contributed by atoms with E-state index in [1.807, 2.05) is 6.20 Å². The maximum atomic E-state index is 4.36. The van der Waals surface area contributed by atoms with E-state index in [2.05, 4.69) is 46.5 Å². The molecule has 1 aromatic carbocycles. The third-order valence-electron chi connectivity index (χ3n) is 3.86. The van der Waals surface area contributed by atoms with Gasteiger partial charge in [0, 0.05) is 30.7 Å². The molecule has 98 valence electrons.